The summed E-state index contributed by atoms with van der Waals surface area (Å²) < 4.78 is 10.5. The van der Waals surface area contributed by atoms with E-state index in [0.717, 1.165) is 16.7 Å². The molecule has 1 atom stereocenters. The van der Waals surface area contributed by atoms with Crippen molar-refractivity contribution >= 4 is 52.2 Å². The second-order valence-corrected chi connectivity index (χ2v) is 6.79. The molecule has 0 radical (unpaired) electrons. The molecule has 0 bridgehead atoms. The van der Waals surface area contributed by atoms with Crippen LogP contribution >= 0.6 is 24.0 Å². The van der Waals surface area contributed by atoms with E-state index in [0.29, 0.717) is 17.1 Å². The molecule has 2 heterocycles. The molecule has 25 heavy (non-hydrogen) atoms. The van der Waals surface area contributed by atoms with Gasteiger partial charge in [-0.05, 0) is 23.8 Å². The Morgan fingerprint density at radius 3 is 2.72 bits per heavy atom. The Kier molecular flexibility index (Phi) is 4.64. The molecule has 0 saturated carbocycles. The molecule has 1 fully saturated rings. The van der Waals surface area contributed by atoms with Gasteiger partial charge in [0.05, 0.1) is 11.3 Å². The molecule has 10 heteroatoms. The van der Waals surface area contributed by atoms with Crippen LogP contribution in [0.2, 0.25) is 0 Å². The van der Waals surface area contributed by atoms with Crippen molar-refractivity contribution in [1.82, 2.24) is 4.90 Å². The SMILES string of the molecule is O=C(O)CC(C(=O)O)N1C(=O)/C(=C/c2ccc3c(c2)OCO3)SC1=S. The van der Waals surface area contributed by atoms with Crippen LogP contribution in [0.3, 0.4) is 0 Å². The third-order valence-electron chi connectivity index (χ3n) is 3.48. The summed E-state index contributed by atoms with van der Waals surface area (Å²) in [5.74, 6) is -2.26. The molecular formula is C15H11NO7S2. The molecule has 0 aliphatic carbocycles. The first-order valence-electron chi connectivity index (χ1n) is 6.98. The number of hydrogen-bond donors (Lipinski definition) is 2. The van der Waals surface area contributed by atoms with Gasteiger partial charge in [0.25, 0.3) is 5.91 Å². The van der Waals surface area contributed by atoms with Gasteiger partial charge >= 0.3 is 11.9 Å². The number of hydrogen-bond acceptors (Lipinski definition) is 7. The van der Waals surface area contributed by atoms with Crippen molar-refractivity contribution in [1.29, 1.82) is 0 Å². The molecule has 1 saturated heterocycles. The van der Waals surface area contributed by atoms with Gasteiger partial charge in [0.2, 0.25) is 6.79 Å². The standard InChI is InChI=1S/C15H11NO7S2/c17-12(18)5-8(14(20)21)16-13(19)11(25-15(16)24)4-7-1-2-9-10(3-7)23-6-22-9/h1-4,8H,5-6H2,(H,17,18)(H,20,21)/b11-4-. The van der Waals surface area contributed by atoms with Gasteiger partial charge in [0, 0.05) is 0 Å². The van der Waals surface area contributed by atoms with Gasteiger partial charge in [-0.3, -0.25) is 14.5 Å². The van der Waals surface area contributed by atoms with Gasteiger partial charge < -0.3 is 19.7 Å². The van der Waals surface area contributed by atoms with Crippen LogP contribution in [-0.2, 0) is 14.4 Å². The van der Waals surface area contributed by atoms with Gasteiger partial charge in [0.1, 0.15) is 10.4 Å². The number of carboxylic acid groups (broad SMARTS) is 2. The zero-order chi connectivity index (χ0) is 18.1. The van der Waals surface area contributed by atoms with Crippen LogP contribution in [-0.4, -0.2) is 50.1 Å². The number of carbonyl (C=O) groups excluding carboxylic acids is 1. The van der Waals surface area contributed by atoms with Gasteiger partial charge in [-0.2, -0.15) is 0 Å². The van der Waals surface area contributed by atoms with Gasteiger partial charge in [-0.15, -0.1) is 0 Å². The molecule has 0 aromatic heterocycles. The second kappa shape index (κ2) is 6.73. The number of ether oxygens (including phenoxy) is 2. The molecule has 2 N–H and O–H groups in total. The highest BCUT2D eigenvalue weighted by molar-refractivity contribution is 8.26. The number of thioether (sulfide) groups is 1. The molecule has 0 spiro atoms. The molecule has 1 aromatic rings. The van der Waals surface area contributed by atoms with Crippen LogP contribution in [0.15, 0.2) is 23.1 Å². The largest absolute Gasteiger partial charge is 0.481 e. The van der Waals surface area contributed by atoms with E-state index in [-0.39, 0.29) is 16.0 Å². The molecule has 1 unspecified atom stereocenters. The van der Waals surface area contributed by atoms with E-state index in [2.05, 4.69) is 0 Å². The Hall–Kier alpha value is -2.59. The number of aliphatic carboxylic acids is 2. The summed E-state index contributed by atoms with van der Waals surface area (Å²) in [6, 6.07) is 3.54. The lowest BCUT2D eigenvalue weighted by molar-refractivity contribution is -0.150. The van der Waals surface area contributed by atoms with Crippen molar-refractivity contribution < 1.29 is 34.1 Å². The Labute approximate surface area is 151 Å². The summed E-state index contributed by atoms with van der Waals surface area (Å²) >= 11 is 5.99. The zero-order valence-corrected chi connectivity index (χ0v) is 14.1. The summed E-state index contributed by atoms with van der Waals surface area (Å²) in [6.07, 6.45) is 0.806. The van der Waals surface area contributed by atoms with E-state index < -0.39 is 30.3 Å². The maximum absolute atomic E-state index is 12.5. The first kappa shape index (κ1) is 17.2. The third-order valence-corrected chi connectivity index (χ3v) is 4.81. The number of fused-ring (bicyclic) bond motifs is 1. The summed E-state index contributed by atoms with van der Waals surface area (Å²) in [6.45, 7) is 0.121. The smallest absolute Gasteiger partial charge is 0.327 e. The van der Waals surface area contributed by atoms with Crippen LogP contribution in [0.4, 0.5) is 0 Å². The van der Waals surface area contributed by atoms with Crippen molar-refractivity contribution in [3.05, 3.63) is 28.7 Å². The number of benzene rings is 1. The first-order valence-corrected chi connectivity index (χ1v) is 8.20. The van der Waals surface area contributed by atoms with E-state index in [4.69, 9.17) is 26.8 Å². The maximum Gasteiger partial charge on any atom is 0.327 e. The number of rotatable bonds is 5. The van der Waals surface area contributed by atoms with Crippen LogP contribution in [0.5, 0.6) is 11.5 Å². The zero-order valence-electron chi connectivity index (χ0n) is 12.5. The highest BCUT2D eigenvalue weighted by Crippen LogP contribution is 2.37. The van der Waals surface area contributed by atoms with Gasteiger partial charge in [0.15, 0.2) is 11.5 Å². The minimum absolute atomic E-state index is 0.00523. The summed E-state index contributed by atoms with van der Waals surface area (Å²) in [5.41, 5.74) is 0.648. The fourth-order valence-electron chi connectivity index (χ4n) is 2.36. The lowest BCUT2D eigenvalue weighted by atomic mass is 10.1. The minimum atomic E-state index is -1.55. The lowest BCUT2D eigenvalue weighted by Gasteiger charge is -2.21. The molecule has 1 amide bonds. The van der Waals surface area contributed by atoms with Gasteiger partial charge in [-0.1, -0.05) is 30.0 Å². The molecular weight excluding hydrogens is 370 g/mol. The average molecular weight is 381 g/mol. The summed E-state index contributed by atoms with van der Waals surface area (Å²) in [5, 5.41) is 18.1. The normalized spacial score (nSPS) is 18.7. The van der Waals surface area contributed by atoms with E-state index >= 15 is 0 Å². The highest BCUT2D eigenvalue weighted by Gasteiger charge is 2.41. The highest BCUT2D eigenvalue weighted by atomic mass is 32.2. The molecule has 130 valence electrons. The number of amides is 1. The number of carboxylic acids is 2. The van der Waals surface area contributed by atoms with Crippen LogP contribution in [0.1, 0.15) is 12.0 Å². The average Bonchev–Trinajstić information content (AvgIpc) is 3.10. The van der Waals surface area contributed by atoms with Crippen molar-refractivity contribution in [3.63, 3.8) is 0 Å². The van der Waals surface area contributed by atoms with Crippen LogP contribution < -0.4 is 9.47 Å². The Morgan fingerprint density at radius 1 is 1.32 bits per heavy atom. The second-order valence-electron chi connectivity index (χ2n) is 5.12. The Morgan fingerprint density at radius 2 is 2.04 bits per heavy atom. The Balaban J connectivity index is 1.87. The number of nitrogens with zero attached hydrogens (tertiary/aromatic N) is 1. The van der Waals surface area contributed by atoms with E-state index in [1.807, 2.05) is 0 Å². The van der Waals surface area contributed by atoms with Crippen LogP contribution in [0.25, 0.3) is 6.08 Å². The predicted molar refractivity (Wildman–Crippen MR) is 91.3 cm³/mol. The van der Waals surface area contributed by atoms with E-state index in [1.54, 1.807) is 24.3 Å². The van der Waals surface area contributed by atoms with Crippen molar-refractivity contribution in [2.45, 2.75) is 12.5 Å². The summed E-state index contributed by atoms with van der Waals surface area (Å²) in [4.78, 5) is 35.8. The fourth-order valence-corrected chi connectivity index (χ4v) is 3.71. The summed E-state index contributed by atoms with van der Waals surface area (Å²) in [7, 11) is 0. The van der Waals surface area contributed by atoms with E-state index in [9.17, 15) is 19.5 Å². The lowest BCUT2D eigenvalue weighted by Crippen LogP contribution is -2.45. The van der Waals surface area contributed by atoms with Crippen LogP contribution in [0, 0.1) is 0 Å². The quantitative estimate of drug-likeness (QED) is 0.579. The molecule has 8 nitrogen and oxygen atoms in total. The monoisotopic (exact) mass is 381 g/mol. The topological polar surface area (TPSA) is 113 Å². The Bertz CT molecular complexity index is 820. The molecule has 2 aliphatic rings. The first-order chi connectivity index (χ1) is 11.9. The molecule has 2 aliphatic heterocycles. The van der Waals surface area contributed by atoms with Crippen molar-refractivity contribution in [2.75, 3.05) is 6.79 Å². The minimum Gasteiger partial charge on any atom is -0.481 e. The fraction of sp³-hybridized carbons (Fsp3) is 0.200. The number of thiocarbonyl (C=S) groups is 1. The maximum atomic E-state index is 12.5. The third kappa shape index (κ3) is 3.44. The number of carbonyl (C=O) groups is 3. The molecule has 3 rings (SSSR count). The van der Waals surface area contributed by atoms with Crippen molar-refractivity contribution in [3.8, 4) is 11.5 Å². The van der Waals surface area contributed by atoms with Gasteiger partial charge in [-0.25, -0.2) is 4.79 Å². The van der Waals surface area contributed by atoms with E-state index in [1.165, 1.54) is 0 Å². The van der Waals surface area contributed by atoms with Crippen molar-refractivity contribution in [2.24, 2.45) is 0 Å². The predicted octanol–water partition coefficient (Wildman–Crippen LogP) is 1.54. The molecule has 1 aromatic carbocycles.